The maximum atomic E-state index is 12.2. The summed E-state index contributed by atoms with van der Waals surface area (Å²) in [5.74, 6) is 0.179. The highest BCUT2D eigenvalue weighted by Gasteiger charge is 2.51. The largest absolute Gasteiger partial charge is 0.348 e. The summed E-state index contributed by atoms with van der Waals surface area (Å²) in [7, 11) is 0. The van der Waals surface area contributed by atoms with E-state index in [1.54, 1.807) is 0 Å². The van der Waals surface area contributed by atoms with Gasteiger partial charge < -0.3 is 5.32 Å². The average molecular weight is 277 g/mol. The van der Waals surface area contributed by atoms with E-state index in [0.717, 1.165) is 12.8 Å². The van der Waals surface area contributed by atoms with Crippen LogP contribution in [0.15, 0.2) is 48.5 Å². The molecule has 0 radical (unpaired) electrons. The lowest BCUT2D eigenvalue weighted by atomic mass is 9.72. The van der Waals surface area contributed by atoms with E-state index in [1.807, 2.05) is 6.07 Å². The van der Waals surface area contributed by atoms with Gasteiger partial charge in [0, 0.05) is 11.8 Å². The van der Waals surface area contributed by atoms with Crippen LogP contribution in [0.3, 0.4) is 0 Å². The summed E-state index contributed by atoms with van der Waals surface area (Å²) >= 11 is 0. The monoisotopic (exact) mass is 277 g/mol. The van der Waals surface area contributed by atoms with E-state index in [0.29, 0.717) is 6.42 Å². The zero-order valence-corrected chi connectivity index (χ0v) is 12.2. The van der Waals surface area contributed by atoms with Gasteiger partial charge in [0.2, 0.25) is 5.91 Å². The van der Waals surface area contributed by atoms with Gasteiger partial charge in [-0.3, -0.25) is 4.79 Å². The molecule has 1 saturated heterocycles. The van der Waals surface area contributed by atoms with Crippen molar-refractivity contribution in [2.45, 2.75) is 37.6 Å². The molecular formula is C19H19NO. The molecule has 2 aromatic carbocycles. The second-order valence-electron chi connectivity index (χ2n) is 6.40. The molecule has 2 heteroatoms. The Morgan fingerprint density at radius 1 is 1.14 bits per heavy atom. The van der Waals surface area contributed by atoms with E-state index in [-0.39, 0.29) is 17.4 Å². The standard InChI is InChI=1S/C19H19NO/c1-13-7-8-14-9-10-19(16(14)11-13)12-17(21)20-18(19)15-5-3-2-4-6-15/h2-8,11,18H,9-10,12H2,1H3,(H,20,21). The first-order chi connectivity index (χ1) is 10.2. The lowest BCUT2D eigenvalue weighted by Gasteiger charge is -2.31. The van der Waals surface area contributed by atoms with Gasteiger partial charge in [0.1, 0.15) is 0 Å². The molecular weight excluding hydrogens is 258 g/mol. The maximum absolute atomic E-state index is 12.2. The zero-order chi connectivity index (χ0) is 14.4. The molecule has 2 unspecified atom stereocenters. The Bertz CT molecular complexity index is 707. The molecule has 1 fully saturated rings. The number of nitrogens with one attached hydrogen (secondary N) is 1. The third-order valence-corrected chi connectivity index (χ3v) is 5.11. The van der Waals surface area contributed by atoms with Crippen LogP contribution < -0.4 is 5.32 Å². The molecule has 1 heterocycles. The number of hydrogen-bond donors (Lipinski definition) is 1. The summed E-state index contributed by atoms with van der Waals surface area (Å²) in [5.41, 5.74) is 5.24. The normalized spacial score (nSPS) is 26.9. The van der Waals surface area contributed by atoms with E-state index in [4.69, 9.17) is 0 Å². The fourth-order valence-corrected chi connectivity index (χ4v) is 4.13. The topological polar surface area (TPSA) is 29.1 Å². The van der Waals surface area contributed by atoms with Crippen molar-refractivity contribution in [3.63, 3.8) is 0 Å². The van der Waals surface area contributed by atoms with E-state index in [1.165, 1.54) is 22.3 Å². The summed E-state index contributed by atoms with van der Waals surface area (Å²) in [5, 5.41) is 3.22. The Morgan fingerprint density at radius 2 is 1.95 bits per heavy atom. The summed E-state index contributed by atoms with van der Waals surface area (Å²) in [4.78, 5) is 12.2. The van der Waals surface area contributed by atoms with Crippen LogP contribution in [0.25, 0.3) is 0 Å². The molecule has 2 atom stereocenters. The SMILES string of the molecule is Cc1ccc2c(c1)C1(CC2)CC(=O)NC1c1ccccc1. The number of rotatable bonds is 1. The highest BCUT2D eigenvalue weighted by atomic mass is 16.2. The molecule has 1 aliphatic heterocycles. The molecule has 21 heavy (non-hydrogen) atoms. The molecule has 1 N–H and O–H groups in total. The van der Waals surface area contributed by atoms with Gasteiger partial charge in [-0.15, -0.1) is 0 Å². The second-order valence-corrected chi connectivity index (χ2v) is 6.40. The smallest absolute Gasteiger partial charge is 0.221 e. The van der Waals surface area contributed by atoms with E-state index < -0.39 is 0 Å². The zero-order valence-electron chi connectivity index (χ0n) is 12.2. The van der Waals surface area contributed by atoms with Crippen LogP contribution in [-0.2, 0) is 16.6 Å². The van der Waals surface area contributed by atoms with Crippen molar-refractivity contribution in [2.24, 2.45) is 0 Å². The number of amides is 1. The maximum Gasteiger partial charge on any atom is 0.221 e. The van der Waals surface area contributed by atoms with Crippen molar-refractivity contribution in [3.05, 3.63) is 70.8 Å². The van der Waals surface area contributed by atoms with E-state index >= 15 is 0 Å². The van der Waals surface area contributed by atoms with Gasteiger partial charge in [0.05, 0.1) is 6.04 Å². The van der Waals surface area contributed by atoms with Crippen molar-refractivity contribution in [1.82, 2.24) is 5.32 Å². The lowest BCUT2D eigenvalue weighted by Crippen LogP contribution is -2.31. The van der Waals surface area contributed by atoms with Crippen molar-refractivity contribution in [2.75, 3.05) is 0 Å². The Kier molecular flexibility index (Phi) is 2.68. The van der Waals surface area contributed by atoms with Gasteiger partial charge in [0.15, 0.2) is 0 Å². The minimum Gasteiger partial charge on any atom is -0.348 e. The second kappa shape index (κ2) is 4.45. The third-order valence-electron chi connectivity index (χ3n) is 5.11. The number of carbonyl (C=O) groups is 1. The highest BCUT2D eigenvalue weighted by Crippen LogP contribution is 2.52. The molecule has 0 aromatic heterocycles. The number of carbonyl (C=O) groups excluding carboxylic acids is 1. The lowest BCUT2D eigenvalue weighted by molar-refractivity contribution is -0.119. The number of fused-ring (bicyclic) bond motifs is 2. The molecule has 2 aliphatic rings. The predicted molar refractivity (Wildman–Crippen MR) is 83.1 cm³/mol. The van der Waals surface area contributed by atoms with E-state index in [9.17, 15) is 4.79 Å². The van der Waals surface area contributed by atoms with Crippen LogP contribution in [0, 0.1) is 6.92 Å². The summed E-state index contributed by atoms with van der Waals surface area (Å²) in [6.07, 6.45) is 2.75. The predicted octanol–water partition coefficient (Wildman–Crippen LogP) is 3.44. The number of benzene rings is 2. The Labute approximate surface area is 125 Å². The van der Waals surface area contributed by atoms with Gasteiger partial charge in [-0.25, -0.2) is 0 Å². The Hall–Kier alpha value is -2.09. The summed E-state index contributed by atoms with van der Waals surface area (Å²) < 4.78 is 0. The molecule has 2 nitrogen and oxygen atoms in total. The van der Waals surface area contributed by atoms with Gasteiger partial charge >= 0.3 is 0 Å². The van der Waals surface area contributed by atoms with Crippen LogP contribution in [0.4, 0.5) is 0 Å². The first-order valence-corrected chi connectivity index (χ1v) is 7.63. The molecule has 0 saturated carbocycles. The Balaban J connectivity index is 1.87. The highest BCUT2D eigenvalue weighted by molar-refractivity contribution is 5.82. The van der Waals surface area contributed by atoms with Crippen molar-refractivity contribution < 1.29 is 4.79 Å². The number of hydrogen-bond acceptors (Lipinski definition) is 1. The summed E-state index contributed by atoms with van der Waals surface area (Å²) in [6, 6.07) is 17.2. The van der Waals surface area contributed by atoms with Crippen molar-refractivity contribution in [1.29, 1.82) is 0 Å². The fraction of sp³-hybridized carbons (Fsp3) is 0.316. The molecule has 1 spiro atoms. The first-order valence-electron chi connectivity index (χ1n) is 7.63. The molecule has 2 aromatic rings. The van der Waals surface area contributed by atoms with Crippen molar-refractivity contribution in [3.8, 4) is 0 Å². The minimum absolute atomic E-state index is 0.0558. The molecule has 4 rings (SSSR count). The number of aryl methyl sites for hydroxylation is 2. The van der Waals surface area contributed by atoms with Crippen LogP contribution in [0.1, 0.15) is 41.1 Å². The van der Waals surface area contributed by atoms with Crippen LogP contribution >= 0.6 is 0 Å². The minimum atomic E-state index is -0.0558. The average Bonchev–Trinajstić information content (AvgIpc) is 3.02. The quantitative estimate of drug-likeness (QED) is 0.850. The molecule has 106 valence electrons. The summed E-state index contributed by atoms with van der Waals surface area (Å²) in [6.45, 7) is 2.13. The molecule has 1 aliphatic carbocycles. The Morgan fingerprint density at radius 3 is 2.76 bits per heavy atom. The first kappa shape index (κ1) is 12.6. The van der Waals surface area contributed by atoms with Crippen LogP contribution in [0.2, 0.25) is 0 Å². The van der Waals surface area contributed by atoms with Gasteiger partial charge in [0.25, 0.3) is 0 Å². The van der Waals surface area contributed by atoms with Crippen LogP contribution in [-0.4, -0.2) is 5.91 Å². The molecule has 0 bridgehead atoms. The molecule has 1 amide bonds. The van der Waals surface area contributed by atoms with Crippen molar-refractivity contribution >= 4 is 5.91 Å². The third kappa shape index (κ3) is 1.82. The fourth-order valence-electron chi connectivity index (χ4n) is 4.13. The van der Waals surface area contributed by atoms with Gasteiger partial charge in [-0.1, -0.05) is 54.1 Å². The van der Waals surface area contributed by atoms with E-state index in [2.05, 4.69) is 54.7 Å². The van der Waals surface area contributed by atoms with Gasteiger partial charge in [-0.2, -0.15) is 0 Å². The van der Waals surface area contributed by atoms with Gasteiger partial charge in [-0.05, 0) is 36.5 Å². The van der Waals surface area contributed by atoms with Crippen LogP contribution in [0.5, 0.6) is 0 Å².